The summed E-state index contributed by atoms with van der Waals surface area (Å²) in [7, 11) is 0. The van der Waals surface area contributed by atoms with Gasteiger partial charge in [0.15, 0.2) is 0 Å². The molecular weight excluding hydrogens is 390 g/mol. The normalized spacial score (nSPS) is 20.8. The van der Waals surface area contributed by atoms with E-state index in [1.165, 1.54) is 18.0 Å². The third-order valence-corrected chi connectivity index (χ3v) is 6.00. The van der Waals surface area contributed by atoms with E-state index >= 15 is 0 Å². The van der Waals surface area contributed by atoms with Crippen LogP contribution in [-0.2, 0) is 11.3 Å². The SMILES string of the molecule is CC1=C[C@@H](CNC(=O)c2cnccn2)[C@H](C(C)C)C[C@H]1CC(=O)NCc1ccccn1. The summed E-state index contributed by atoms with van der Waals surface area (Å²) in [6.45, 7) is 7.49. The molecule has 0 radical (unpaired) electrons. The molecule has 2 aromatic heterocycles. The fourth-order valence-corrected chi connectivity index (χ4v) is 4.21. The Kier molecular flexibility index (Phi) is 7.87. The van der Waals surface area contributed by atoms with Crippen LogP contribution >= 0.6 is 0 Å². The highest BCUT2D eigenvalue weighted by Crippen LogP contribution is 2.38. The van der Waals surface area contributed by atoms with E-state index in [2.05, 4.69) is 52.4 Å². The van der Waals surface area contributed by atoms with Crippen molar-refractivity contribution in [1.29, 1.82) is 0 Å². The van der Waals surface area contributed by atoms with Crippen molar-refractivity contribution in [3.8, 4) is 0 Å². The molecule has 2 N–H and O–H groups in total. The van der Waals surface area contributed by atoms with Crippen LogP contribution in [0.3, 0.4) is 0 Å². The molecule has 7 nitrogen and oxygen atoms in total. The molecule has 7 heteroatoms. The van der Waals surface area contributed by atoms with Gasteiger partial charge in [0.05, 0.1) is 18.4 Å². The van der Waals surface area contributed by atoms with Crippen LogP contribution in [-0.4, -0.2) is 33.3 Å². The van der Waals surface area contributed by atoms with Gasteiger partial charge < -0.3 is 10.6 Å². The Morgan fingerprint density at radius 2 is 1.97 bits per heavy atom. The zero-order valence-corrected chi connectivity index (χ0v) is 18.4. The van der Waals surface area contributed by atoms with Gasteiger partial charge >= 0.3 is 0 Å². The van der Waals surface area contributed by atoms with Crippen molar-refractivity contribution in [2.75, 3.05) is 6.54 Å². The van der Waals surface area contributed by atoms with E-state index in [9.17, 15) is 9.59 Å². The van der Waals surface area contributed by atoms with E-state index in [4.69, 9.17) is 0 Å². The van der Waals surface area contributed by atoms with E-state index in [1.54, 1.807) is 12.4 Å². The number of hydrogen-bond donors (Lipinski definition) is 2. The molecule has 0 saturated heterocycles. The summed E-state index contributed by atoms with van der Waals surface area (Å²) in [6, 6.07) is 5.68. The van der Waals surface area contributed by atoms with Crippen molar-refractivity contribution >= 4 is 11.8 Å². The van der Waals surface area contributed by atoms with E-state index < -0.39 is 0 Å². The summed E-state index contributed by atoms with van der Waals surface area (Å²) >= 11 is 0. The molecule has 0 aromatic carbocycles. The van der Waals surface area contributed by atoms with Crippen LogP contribution in [0.2, 0.25) is 0 Å². The molecule has 2 heterocycles. The molecule has 3 atom stereocenters. The van der Waals surface area contributed by atoms with Gasteiger partial charge in [-0.3, -0.25) is 19.6 Å². The molecule has 0 bridgehead atoms. The number of nitrogens with one attached hydrogen (secondary N) is 2. The number of rotatable bonds is 8. The maximum absolute atomic E-state index is 12.5. The number of nitrogens with zero attached hydrogens (tertiary/aromatic N) is 3. The molecule has 0 fully saturated rings. The van der Waals surface area contributed by atoms with Gasteiger partial charge in [-0.05, 0) is 49.1 Å². The highest BCUT2D eigenvalue weighted by molar-refractivity contribution is 5.91. The topological polar surface area (TPSA) is 96.9 Å². The Labute approximate surface area is 183 Å². The molecule has 1 aliphatic carbocycles. The average molecular weight is 422 g/mol. The molecule has 0 unspecified atom stereocenters. The quantitative estimate of drug-likeness (QED) is 0.638. The number of carbonyl (C=O) groups is 2. The number of allylic oxidation sites excluding steroid dienone is 1. The molecule has 2 amide bonds. The summed E-state index contributed by atoms with van der Waals surface area (Å²) < 4.78 is 0. The first-order valence-electron chi connectivity index (χ1n) is 10.8. The zero-order valence-electron chi connectivity index (χ0n) is 18.4. The van der Waals surface area contributed by atoms with Crippen LogP contribution in [0.4, 0.5) is 0 Å². The molecule has 164 valence electrons. The monoisotopic (exact) mass is 421 g/mol. The fraction of sp³-hybridized carbons (Fsp3) is 0.458. The van der Waals surface area contributed by atoms with Crippen molar-refractivity contribution < 1.29 is 9.59 Å². The molecule has 0 aliphatic heterocycles. The van der Waals surface area contributed by atoms with Gasteiger partial charge in [0.1, 0.15) is 5.69 Å². The summed E-state index contributed by atoms with van der Waals surface area (Å²) in [4.78, 5) is 37.1. The van der Waals surface area contributed by atoms with Gasteiger partial charge in [-0.25, -0.2) is 4.98 Å². The Morgan fingerprint density at radius 3 is 2.65 bits per heavy atom. The highest BCUT2D eigenvalue weighted by Gasteiger charge is 2.32. The predicted molar refractivity (Wildman–Crippen MR) is 119 cm³/mol. The minimum Gasteiger partial charge on any atom is -0.350 e. The van der Waals surface area contributed by atoms with Crippen LogP contribution in [0.1, 0.15) is 49.8 Å². The second-order valence-corrected chi connectivity index (χ2v) is 8.52. The number of aromatic nitrogens is 3. The number of pyridine rings is 1. The minimum atomic E-state index is -0.210. The van der Waals surface area contributed by atoms with Crippen LogP contribution < -0.4 is 10.6 Å². The summed E-state index contributed by atoms with van der Waals surface area (Å²) in [6.07, 6.45) is 9.90. The summed E-state index contributed by atoms with van der Waals surface area (Å²) in [5, 5.41) is 5.98. The first kappa shape index (κ1) is 22.6. The van der Waals surface area contributed by atoms with Crippen molar-refractivity contribution in [1.82, 2.24) is 25.6 Å². The van der Waals surface area contributed by atoms with Gasteiger partial charge in [0, 0.05) is 31.6 Å². The maximum Gasteiger partial charge on any atom is 0.271 e. The second kappa shape index (κ2) is 10.8. The zero-order chi connectivity index (χ0) is 22.2. The van der Waals surface area contributed by atoms with Gasteiger partial charge in [-0.15, -0.1) is 0 Å². The Balaban J connectivity index is 1.58. The Hall–Kier alpha value is -3.09. The van der Waals surface area contributed by atoms with E-state index in [-0.39, 0.29) is 23.7 Å². The van der Waals surface area contributed by atoms with Crippen molar-refractivity contribution in [3.05, 3.63) is 66.0 Å². The van der Waals surface area contributed by atoms with Crippen molar-refractivity contribution in [2.45, 2.75) is 40.2 Å². The van der Waals surface area contributed by atoms with Gasteiger partial charge in [0.2, 0.25) is 5.91 Å². The fourth-order valence-electron chi connectivity index (χ4n) is 4.21. The maximum atomic E-state index is 12.5. The molecule has 1 aliphatic rings. The van der Waals surface area contributed by atoms with E-state index in [0.29, 0.717) is 37.0 Å². The van der Waals surface area contributed by atoms with Gasteiger partial charge in [0.25, 0.3) is 5.91 Å². The van der Waals surface area contributed by atoms with Crippen LogP contribution in [0.25, 0.3) is 0 Å². The lowest BCUT2D eigenvalue weighted by Crippen LogP contribution is -2.38. The molecular formula is C24H31N5O2. The summed E-state index contributed by atoms with van der Waals surface area (Å²) in [5.41, 5.74) is 2.39. The minimum absolute atomic E-state index is 0.0420. The first-order valence-corrected chi connectivity index (χ1v) is 10.8. The lowest BCUT2D eigenvalue weighted by atomic mass is 9.69. The standard InChI is InChI=1S/C24H31N5O2/c1-16(2)21-11-18(12-23(30)28-14-20-6-4-5-7-26-20)17(3)10-19(21)13-29-24(31)22-15-25-8-9-27-22/h4-10,15-16,18-19,21H,11-14H2,1-3H3,(H,28,30)(H,29,31)/t18-,19-,21-/m0/s1. The largest absolute Gasteiger partial charge is 0.350 e. The van der Waals surface area contributed by atoms with Crippen molar-refractivity contribution in [2.24, 2.45) is 23.7 Å². The molecule has 0 saturated carbocycles. The van der Waals surface area contributed by atoms with Gasteiger partial charge in [-0.2, -0.15) is 0 Å². The summed E-state index contributed by atoms with van der Waals surface area (Å²) in [5.74, 6) is 1.11. The van der Waals surface area contributed by atoms with Gasteiger partial charge in [-0.1, -0.05) is 31.6 Å². The Morgan fingerprint density at radius 1 is 1.13 bits per heavy atom. The molecule has 31 heavy (non-hydrogen) atoms. The molecule has 3 rings (SSSR count). The highest BCUT2D eigenvalue weighted by atomic mass is 16.2. The predicted octanol–water partition coefficient (Wildman–Crippen LogP) is 3.16. The third kappa shape index (κ3) is 6.44. The second-order valence-electron chi connectivity index (χ2n) is 8.52. The van der Waals surface area contributed by atoms with E-state index in [0.717, 1.165) is 12.1 Å². The Bertz CT molecular complexity index is 899. The molecule has 0 spiro atoms. The third-order valence-electron chi connectivity index (χ3n) is 6.00. The van der Waals surface area contributed by atoms with Crippen molar-refractivity contribution in [3.63, 3.8) is 0 Å². The lowest BCUT2D eigenvalue weighted by Gasteiger charge is -2.37. The lowest BCUT2D eigenvalue weighted by molar-refractivity contribution is -0.122. The smallest absolute Gasteiger partial charge is 0.271 e. The molecule has 2 aromatic rings. The van der Waals surface area contributed by atoms with E-state index in [1.807, 2.05) is 18.2 Å². The van der Waals surface area contributed by atoms with Crippen LogP contribution in [0.15, 0.2) is 54.6 Å². The average Bonchev–Trinajstić information content (AvgIpc) is 2.78. The van der Waals surface area contributed by atoms with Crippen LogP contribution in [0.5, 0.6) is 0 Å². The number of hydrogen-bond acceptors (Lipinski definition) is 5. The number of amides is 2. The van der Waals surface area contributed by atoms with Crippen LogP contribution in [0, 0.1) is 23.7 Å². The number of carbonyl (C=O) groups excluding carboxylic acids is 2. The first-order chi connectivity index (χ1) is 14.9.